The van der Waals surface area contributed by atoms with Crippen LogP contribution in [0.2, 0.25) is 0 Å². The lowest BCUT2D eigenvalue weighted by atomic mass is 9.89. The number of H-pyrrole nitrogens is 1. The summed E-state index contributed by atoms with van der Waals surface area (Å²) in [7, 11) is 3.37. The first-order valence-corrected chi connectivity index (χ1v) is 8.16. The molecule has 0 saturated heterocycles. The summed E-state index contributed by atoms with van der Waals surface area (Å²) in [5.74, 6) is 1.91. The normalized spacial score (nSPS) is 12.3. The molecular formula is C20H24N2O2. The van der Waals surface area contributed by atoms with Crippen molar-refractivity contribution in [3.05, 3.63) is 59.3 Å². The number of fused-ring (bicyclic) bond motifs is 1. The first-order chi connectivity index (χ1) is 11.7. The van der Waals surface area contributed by atoms with Crippen LogP contribution >= 0.6 is 0 Å². The van der Waals surface area contributed by atoms with Crippen molar-refractivity contribution in [2.75, 3.05) is 20.8 Å². The highest BCUT2D eigenvalue weighted by Gasteiger charge is 2.20. The van der Waals surface area contributed by atoms with Crippen LogP contribution in [-0.2, 0) is 6.42 Å². The standard InChI is InChI=1S/C20H24N2O2/c1-13-20(17-6-4-5-7-18(17)22-13)15(12-21)10-14-11-16(23-2)8-9-19(14)24-3/h4-9,11,15,22H,10,12,21H2,1-3H3. The summed E-state index contributed by atoms with van der Waals surface area (Å²) >= 11 is 0. The number of benzene rings is 2. The van der Waals surface area contributed by atoms with E-state index in [1.54, 1.807) is 14.2 Å². The summed E-state index contributed by atoms with van der Waals surface area (Å²) in [6.45, 7) is 2.68. The lowest BCUT2D eigenvalue weighted by Gasteiger charge is -2.18. The third kappa shape index (κ3) is 2.97. The quantitative estimate of drug-likeness (QED) is 0.725. The van der Waals surface area contributed by atoms with Gasteiger partial charge in [-0.15, -0.1) is 0 Å². The van der Waals surface area contributed by atoms with Crippen molar-refractivity contribution in [1.29, 1.82) is 0 Å². The third-order valence-electron chi connectivity index (χ3n) is 4.59. The molecule has 0 aliphatic rings. The van der Waals surface area contributed by atoms with Gasteiger partial charge in [0.25, 0.3) is 0 Å². The van der Waals surface area contributed by atoms with E-state index >= 15 is 0 Å². The number of aryl methyl sites for hydroxylation is 1. The molecule has 126 valence electrons. The molecule has 2 aromatic carbocycles. The summed E-state index contributed by atoms with van der Waals surface area (Å²) in [5.41, 5.74) is 10.9. The second kappa shape index (κ2) is 6.97. The summed E-state index contributed by atoms with van der Waals surface area (Å²) in [6.07, 6.45) is 0.805. The highest BCUT2D eigenvalue weighted by Crippen LogP contribution is 2.34. The number of nitrogens with two attached hydrogens (primary N) is 1. The van der Waals surface area contributed by atoms with E-state index in [1.165, 1.54) is 16.6 Å². The van der Waals surface area contributed by atoms with E-state index in [-0.39, 0.29) is 5.92 Å². The van der Waals surface area contributed by atoms with Crippen molar-refractivity contribution in [2.24, 2.45) is 5.73 Å². The molecule has 0 aliphatic carbocycles. The monoisotopic (exact) mass is 324 g/mol. The fourth-order valence-corrected chi connectivity index (χ4v) is 3.43. The van der Waals surface area contributed by atoms with Gasteiger partial charge in [-0.1, -0.05) is 18.2 Å². The van der Waals surface area contributed by atoms with Gasteiger partial charge in [0, 0.05) is 22.5 Å². The van der Waals surface area contributed by atoms with Gasteiger partial charge in [-0.05, 0) is 55.3 Å². The molecule has 0 radical (unpaired) electrons. The van der Waals surface area contributed by atoms with Crippen molar-refractivity contribution >= 4 is 10.9 Å². The Balaban J connectivity index is 2.02. The van der Waals surface area contributed by atoms with Crippen LogP contribution in [-0.4, -0.2) is 25.7 Å². The Hall–Kier alpha value is -2.46. The molecule has 0 bridgehead atoms. The van der Waals surface area contributed by atoms with Crippen LogP contribution in [0.4, 0.5) is 0 Å². The number of hydrogen-bond acceptors (Lipinski definition) is 3. The van der Waals surface area contributed by atoms with Crippen LogP contribution < -0.4 is 15.2 Å². The number of ether oxygens (including phenoxy) is 2. The maximum atomic E-state index is 6.15. The average molecular weight is 324 g/mol. The number of hydrogen-bond donors (Lipinski definition) is 2. The van der Waals surface area contributed by atoms with E-state index in [2.05, 4.69) is 30.1 Å². The minimum atomic E-state index is 0.210. The van der Waals surface area contributed by atoms with Crippen LogP contribution in [0.25, 0.3) is 10.9 Å². The summed E-state index contributed by atoms with van der Waals surface area (Å²) in [5, 5.41) is 1.24. The molecule has 3 aromatic rings. The van der Waals surface area contributed by atoms with Gasteiger partial charge < -0.3 is 20.2 Å². The van der Waals surface area contributed by atoms with Gasteiger partial charge in [-0.3, -0.25) is 0 Å². The van der Waals surface area contributed by atoms with E-state index in [9.17, 15) is 0 Å². The molecule has 1 heterocycles. The molecule has 0 amide bonds. The van der Waals surface area contributed by atoms with Crippen LogP contribution in [0.1, 0.15) is 22.7 Å². The van der Waals surface area contributed by atoms with Crippen LogP contribution in [0.15, 0.2) is 42.5 Å². The van der Waals surface area contributed by atoms with Gasteiger partial charge in [-0.2, -0.15) is 0 Å². The first-order valence-electron chi connectivity index (χ1n) is 8.16. The van der Waals surface area contributed by atoms with Crippen molar-refractivity contribution < 1.29 is 9.47 Å². The van der Waals surface area contributed by atoms with E-state index in [0.29, 0.717) is 6.54 Å². The number of aromatic amines is 1. The number of methoxy groups -OCH3 is 2. The van der Waals surface area contributed by atoms with Crippen LogP contribution in [0.5, 0.6) is 11.5 Å². The zero-order chi connectivity index (χ0) is 17.1. The Bertz CT molecular complexity index is 839. The molecule has 1 aromatic heterocycles. The molecule has 4 heteroatoms. The number of aromatic nitrogens is 1. The molecule has 3 rings (SSSR count). The Morgan fingerprint density at radius 2 is 1.88 bits per heavy atom. The molecule has 4 nitrogen and oxygen atoms in total. The molecule has 1 atom stereocenters. The molecule has 24 heavy (non-hydrogen) atoms. The predicted molar refractivity (Wildman–Crippen MR) is 98.1 cm³/mol. The third-order valence-corrected chi connectivity index (χ3v) is 4.59. The number of nitrogens with one attached hydrogen (secondary N) is 1. The molecule has 1 unspecified atom stereocenters. The van der Waals surface area contributed by atoms with Crippen LogP contribution in [0, 0.1) is 6.92 Å². The van der Waals surface area contributed by atoms with Gasteiger partial charge in [0.15, 0.2) is 0 Å². The molecule has 3 N–H and O–H groups in total. The van der Waals surface area contributed by atoms with E-state index < -0.39 is 0 Å². The van der Waals surface area contributed by atoms with Gasteiger partial charge in [0.2, 0.25) is 0 Å². The number of rotatable bonds is 6. The lowest BCUT2D eigenvalue weighted by Crippen LogP contribution is -2.16. The fourth-order valence-electron chi connectivity index (χ4n) is 3.43. The second-order valence-corrected chi connectivity index (χ2v) is 6.02. The zero-order valence-electron chi connectivity index (χ0n) is 14.4. The Morgan fingerprint density at radius 1 is 1.08 bits per heavy atom. The molecule has 0 saturated carbocycles. The van der Waals surface area contributed by atoms with Gasteiger partial charge in [0.1, 0.15) is 11.5 Å². The van der Waals surface area contributed by atoms with Crippen LogP contribution in [0.3, 0.4) is 0 Å². The Labute approximate surface area is 142 Å². The maximum absolute atomic E-state index is 6.15. The fraction of sp³-hybridized carbons (Fsp3) is 0.300. The van der Waals surface area contributed by atoms with E-state index in [4.69, 9.17) is 15.2 Å². The topological polar surface area (TPSA) is 60.3 Å². The van der Waals surface area contributed by atoms with Crippen molar-refractivity contribution in [3.8, 4) is 11.5 Å². The minimum absolute atomic E-state index is 0.210. The highest BCUT2D eigenvalue weighted by molar-refractivity contribution is 5.85. The molecule has 0 spiro atoms. The van der Waals surface area contributed by atoms with E-state index in [0.717, 1.165) is 29.0 Å². The molecule has 0 fully saturated rings. The number of para-hydroxylation sites is 1. The smallest absolute Gasteiger partial charge is 0.122 e. The summed E-state index contributed by atoms with van der Waals surface area (Å²) in [4.78, 5) is 3.47. The van der Waals surface area contributed by atoms with Gasteiger partial charge >= 0.3 is 0 Å². The summed E-state index contributed by atoms with van der Waals surface area (Å²) < 4.78 is 10.9. The first kappa shape index (κ1) is 16.4. The minimum Gasteiger partial charge on any atom is -0.497 e. The maximum Gasteiger partial charge on any atom is 0.122 e. The van der Waals surface area contributed by atoms with E-state index in [1.807, 2.05) is 24.3 Å². The van der Waals surface area contributed by atoms with Gasteiger partial charge in [0.05, 0.1) is 14.2 Å². The van der Waals surface area contributed by atoms with Crippen molar-refractivity contribution in [3.63, 3.8) is 0 Å². The highest BCUT2D eigenvalue weighted by atomic mass is 16.5. The average Bonchev–Trinajstić information content (AvgIpc) is 2.95. The SMILES string of the molecule is COc1ccc(OC)c(CC(CN)c2c(C)[nH]c3ccccc23)c1. The largest absolute Gasteiger partial charge is 0.497 e. The lowest BCUT2D eigenvalue weighted by molar-refractivity contribution is 0.397. The predicted octanol–water partition coefficient (Wildman–Crippen LogP) is 3.78. The summed E-state index contributed by atoms with van der Waals surface area (Å²) in [6, 6.07) is 14.3. The molecular weight excluding hydrogens is 300 g/mol. The molecule has 0 aliphatic heterocycles. The zero-order valence-corrected chi connectivity index (χ0v) is 14.4. The Kier molecular flexibility index (Phi) is 4.76. The Morgan fingerprint density at radius 3 is 2.58 bits per heavy atom. The van der Waals surface area contributed by atoms with Gasteiger partial charge in [-0.25, -0.2) is 0 Å². The van der Waals surface area contributed by atoms with Crippen molar-refractivity contribution in [1.82, 2.24) is 4.98 Å². The second-order valence-electron chi connectivity index (χ2n) is 6.02. The van der Waals surface area contributed by atoms with Crippen molar-refractivity contribution in [2.45, 2.75) is 19.3 Å².